The van der Waals surface area contributed by atoms with Crippen LogP contribution in [-0.4, -0.2) is 6.72 Å². The van der Waals surface area contributed by atoms with E-state index < -0.39 is 0 Å². The first-order valence-corrected chi connectivity index (χ1v) is 4.00. The van der Waals surface area contributed by atoms with Crippen molar-refractivity contribution in [1.29, 1.82) is 0 Å². The van der Waals surface area contributed by atoms with Crippen molar-refractivity contribution in [3.63, 3.8) is 0 Å². The third-order valence-corrected chi connectivity index (χ3v) is 1.54. The molecule has 2 heteroatoms. The van der Waals surface area contributed by atoms with Gasteiger partial charge in [0.2, 0.25) is 0 Å². The van der Waals surface area contributed by atoms with Crippen LogP contribution >= 0.6 is 0 Å². The summed E-state index contributed by atoms with van der Waals surface area (Å²) in [6.45, 7) is 10.7. The van der Waals surface area contributed by atoms with E-state index in [1.165, 1.54) is 13.0 Å². The maximum Gasteiger partial charge on any atom is 0.0971 e. The van der Waals surface area contributed by atoms with Crippen molar-refractivity contribution in [2.45, 2.75) is 27.7 Å². The summed E-state index contributed by atoms with van der Waals surface area (Å²) in [6.07, 6.45) is 1.48. The van der Waals surface area contributed by atoms with Crippen molar-refractivity contribution < 1.29 is 4.39 Å². The molecule has 0 aromatic heterocycles. The molecule has 0 radical (unpaired) electrons. The molecule has 0 N–H and O–H groups in total. The molecular weight excluding hydrogens is 153 g/mol. The Kier molecular flexibility index (Phi) is 4.49. The minimum absolute atomic E-state index is 0.200. The fourth-order valence-electron chi connectivity index (χ4n) is 1.13. The van der Waals surface area contributed by atoms with Crippen molar-refractivity contribution in [3.05, 3.63) is 23.2 Å². The number of aliphatic imine (C=N–C) groups is 1. The maximum atomic E-state index is 12.5. The summed E-state index contributed by atoms with van der Waals surface area (Å²) in [4.78, 5) is 3.86. The minimum Gasteiger partial charge on any atom is -0.269 e. The van der Waals surface area contributed by atoms with Gasteiger partial charge in [0, 0.05) is 5.70 Å². The van der Waals surface area contributed by atoms with Crippen LogP contribution in [0.5, 0.6) is 0 Å². The molecule has 0 amide bonds. The second kappa shape index (κ2) is 4.86. The van der Waals surface area contributed by atoms with Gasteiger partial charge in [-0.3, -0.25) is 4.99 Å². The highest BCUT2D eigenvalue weighted by molar-refractivity contribution is 5.34. The lowest BCUT2D eigenvalue weighted by molar-refractivity contribution is 0.638. The van der Waals surface area contributed by atoms with E-state index in [1.807, 2.05) is 20.8 Å². The number of hydrogen-bond acceptors (Lipinski definition) is 1. The van der Waals surface area contributed by atoms with E-state index in [4.69, 9.17) is 0 Å². The van der Waals surface area contributed by atoms with Gasteiger partial charge in [-0.05, 0) is 38.1 Å². The van der Waals surface area contributed by atoms with E-state index >= 15 is 0 Å². The summed E-state index contributed by atoms with van der Waals surface area (Å²) in [5.74, 6) is 0.0902. The molecule has 0 rings (SSSR count). The van der Waals surface area contributed by atoms with Gasteiger partial charge in [0.1, 0.15) is 0 Å². The lowest BCUT2D eigenvalue weighted by Crippen LogP contribution is -1.93. The molecule has 0 fully saturated rings. The fourth-order valence-corrected chi connectivity index (χ4v) is 1.13. The van der Waals surface area contributed by atoms with Crippen molar-refractivity contribution in [3.8, 4) is 0 Å². The van der Waals surface area contributed by atoms with Crippen LogP contribution in [0.1, 0.15) is 27.7 Å². The normalized spacial score (nSPS) is 14.7. The summed E-state index contributed by atoms with van der Waals surface area (Å²) >= 11 is 0. The highest BCUT2D eigenvalue weighted by atomic mass is 19.1. The number of halogens is 1. The third-order valence-electron chi connectivity index (χ3n) is 1.54. The number of nitrogens with zero attached hydrogens (tertiary/aromatic N) is 1. The Hall–Kier alpha value is -0.920. The lowest BCUT2D eigenvalue weighted by atomic mass is 10.1. The second-order valence-corrected chi connectivity index (χ2v) is 3.11. The molecule has 0 saturated carbocycles. The molecule has 0 aliphatic carbocycles. The van der Waals surface area contributed by atoms with Gasteiger partial charge in [-0.15, -0.1) is 0 Å². The predicted octanol–water partition coefficient (Wildman–Crippen LogP) is 3.49. The van der Waals surface area contributed by atoms with Gasteiger partial charge in [-0.25, -0.2) is 4.39 Å². The summed E-state index contributed by atoms with van der Waals surface area (Å²) in [5.41, 5.74) is 1.70. The molecule has 0 spiro atoms. The Morgan fingerprint density at radius 3 is 2.17 bits per heavy atom. The first kappa shape index (κ1) is 11.1. The molecule has 0 heterocycles. The smallest absolute Gasteiger partial charge is 0.0971 e. The first-order chi connectivity index (χ1) is 5.49. The molecule has 0 unspecified atom stereocenters. The number of allylic oxidation sites excluding steroid dienone is 4. The SMILES string of the molecule is C=N/C(=C(C)\C=C(/C)F)C(C)C. The molecule has 0 aliphatic rings. The maximum absolute atomic E-state index is 12.5. The highest BCUT2D eigenvalue weighted by Gasteiger charge is 2.03. The third kappa shape index (κ3) is 3.46. The number of hydrogen-bond donors (Lipinski definition) is 0. The topological polar surface area (TPSA) is 12.4 Å². The van der Waals surface area contributed by atoms with Gasteiger partial charge in [-0.1, -0.05) is 13.8 Å². The van der Waals surface area contributed by atoms with Crippen molar-refractivity contribution >= 4 is 6.72 Å². The van der Waals surface area contributed by atoms with Crippen LogP contribution in [-0.2, 0) is 0 Å². The van der Waals surface area contributed by atoms with Gasteiger partial charge in [0.25, 0.3) is 0 Å². The average Bonchev–Trinajstić information content (AvgIpc) is 1.85. The van der Waals surface area contributed by atoms with Crippen LogP contribution < -0.4 is 0 Å². The van der Waals surface area contributed by atoms with Gasteiger partial charge >= 0.3 is 0 Å². The Balaban J connectivity index is 4.85. The van der Waals surface area contributed by atoms with Crippen LogP contribution in [0, 0.1) is 5.92 Å². The summed E-state index contributed by atoms with van der Waals surface area (Å²) < 4.78 is 12.5. The fraction of sp³-hybridized carbons (Fsp3) is 0.500. The average molecular weight is 169 g/mol. The van der Waals surface area contributed by atoms with E-state index in [-0.39, 0.29) is 11.7 Å². The molecule has 0 aromatic carbocycles. The Morgan fingerprint density at radius 2 is 1.92 bits per heavy atom. The van der Waals surface area contributed by atoms with Gasteiger partial charge in [-0.2, -0.15) is 0 Å². The van der Waals surface area contributed by atoms with Crippen molar-refractivity contribution in [2.75, 3.05) is 0 Å². The summed E-state index contributed by atoms with van der Waals surface area (Å²) in [6, 6.07) is 0. The van der Waals surface area contributed by atoms with E-state index in [9.17, 15) is 4.39 Å². The van der Waals surface area contributed by atoms with E-state index in [0.29, 0.717) is 0 Å². The monoisotopic (exact) mass is 169 g/mol. The second-order valence-electron chi connectivity index (χ2n) is 3.11. The predicted molar refractivity (Wildman–Crippen MR) is 52.0 cm³/mol. The first-order valence-electron chi connectivity index (χ1n) is 4.00. The Morgan fingerprint density at radius 1 is 1.42 bits per heavy atom. The molecule has 0 bridgehead atoms. The Bertz CT molecular complexity index is 220. The molecule has 0 saturated heterocycles. The quantitative estimate of drug-likeness (QED) is 0.453. The number of rotatable bonds is 3. The van der Waals surface area contributed by atoms with Gasteiger partial charge in [0.15, 0.2) is 0 Å². The van der Waals surface area contributed by atoms with Crippen LogP contribution in [0.4, 0.5) is 4.39 Å². The van der Waals surface area contributed by atoms with Crippen LogP contribution in [0.2, 0.25) is 0 Å². The largest absolute Gasteiger partial charge is 0.269 e. The van der Waals surface area contributed by atoms with E-state index in [0.717, 1.165) is 11.3 Å². The van der Waals surface area contributed by atoms with E-state index in [2.05, 4.69) is 11.7 Å². The molecular formula is C10H16FN. The standard InChI is InChI=1S/C10H16FN/c1-7(2)10(12-5)8(3)6-9(4)11/h6-7H,5H2,1-4H3/b9-6+,10-8-. The lowest BCUT2D eigenvalue weighted by Gasteiger charge is -2.07. The van der Waals surface area contributed by atoms with Crippen molar-refractivity contribution in [2.24, 2.45) is 10.9 Å². The van der Waals surface area contributed by atoms with Gasteiger partial charge in [0.05, 0.1) is 5.83 Å². The van der Waals surface area contributed by atoms with Crippen LogP contribution in [0.25, 0.3) is 0 Å². The molecule has 0 aromatic rings. The van der Waals surface area contributed by atoms with E-state index in [1.54, 1.807) is 0 Å². The molecule has 68 valence electrons. The van der Waals surface area contributed by atoms with Crippen LogP contribution in [0.15, 0.2) is 28.2 Å². The molecule has 0 atom stereocenters. The molecule has 12 heavy (non-hydrogen) atoms. The van der Waals surface area contributed by atoms with Crippen LogP contribution in [0.3, 0.4) is 0 Å². The Labute approximate surface area is 73.7 Å². The zero-order chi connectivity index (χ0) is 9.72. The molecule has 1 nitrogen and oxygen atoms in total. The minimum atomic E-state index is -0.200. The summed E-state index contributed by atoms with van der Waals surface area (Å²) in [7, 11) is 0. The van der Waals surface area contributed by atoms with Gasteiger partial charge < -0.3 is 0 Å². The zero-order valence-electron chi connectivity index (χ0n) is 8.19. The summed E-state index contributed by atoms with van der Waals surface area (Å²) in [5, 5.41) is 0. The zero-order valence-corrected chi connectivity index (χ0v) is 8.19. The molecule has 0 aliphatic heterocycles. The van der Waals surface area contributed by atoms with Crippen molar-refractivity contribution in [1.82, 2.24) is 0 Å². The highest BCUT2D eigenvalue weighted by Crippen LogP contribution is 2.17.